The van der Waals surface area contributed by atoms with Crippen LogP contribution in [0.2, 0.25) is 0 Å². The van der Waals surface area contributed by atoms with Crippen molar-refractivity contribution in [1.29, 1.82) is 0 Å². The van der Waals surface area contributed by atoms with Gasteiger partial charge in [0.15, 0.2) is 11.6 Å². The number of carbonyl (C=O) groups excluding carboxylic acids is 1. The monoisotopic (exact) mass is 436 g/mol. The van der Waals surface area contributed by atoms with Gasteiger partial charge in [-0.15, -0.1) is 0 Å². The molecular weight excluding hydrogens is 411 g/mol. The zero-order valence-electron chi connectivity index (χ0n) is 17.8. The van der Waals surface area contributed by atoms with Gasteiger partial charge in [-0.25, -0.2) is 14.4 Å². The van der Waals surface area contributed by atoms with Gasteiger partial charge in [0, 0.05) is 49.2 Å². The first-order valence-corrected chi connectivity index (χ1v) is 10.4. The van der Waals surface area contributed by atoms with Crippen LogP contribution in [0.1, 0.15) is 28.9 Å². The fraction of sp³-hybridized carbons (Fsp3) is 0.304. The van der Waals surface area contributed by atoms with Gasteiger partial charge in [0.1, 0.15) is 17.3 Å². The standard InChI is InChI=1S/C23H25FN6O2/c1-32-16-4-5-18(24)17(10-16)23-28-12-19(26)22(29-23)21(31)9-14-11-27-7-6-20(14)30-8-2-3-15(25)13-30/h4-7,10-12,15H,2-3,8-9,13,25-26H2,1H3/t15-/m0/s1. The Morgan fingerprint density at radius 3 is 2.94 bits per heavy atom. The maximum atomic E-state index is 14.4. The van der Waals surface area contributed by atoms with Crippen LogP contribution in [0.3, 0.4) is 0 Å². The number of carbonyl (C=O) groups is 1. The van der Waals surface area contributed by atoms with Gasteiger partial charge in [-0.2, -0.15) is 0 Å². The number of hydrogen-bond donors (Lipinski definition) is 2. The molecule has 0 bridgehead atoms. The summed E-state index contributed by atoms with van der Waals surface area (Å²) in [5.41, 5.74) is 14.1. The van der Waals surface area contributed by atoms with E-state index < -0.39 is 5.82 Å². The summed E-state index contributed by atoms with van der Waals surface area (Å²) in [5.74, 6) is -0.309. The summed E-state index contributed by atoms with van der Waals surface area (Å²) in [6.45, 7) is 1.59. The third kappa shape index (κ3) is 4.52. The van der Waals surface area contributed by atoms with E-state index in [2.05, 4.69) is 19.9 Å². The summed E-state index contributed by atoms with van der Waals surface area (Å²) in [7, 11) is 1.48. The van der Waals surface area contributed by atoms with Crippen molar-refractivity contribution in [2.75, 3.05) is 30.8 Å². The second-order valence-electron chi connectivity index (χ2n) is 7.80. The number of hydrogen-bond acceptors (Lipinski definition) is 8. The van der Waals surface area contributed by atoms with Gasteiger partial charge in [-0.3, -0.25) is 9.78 Å². The van der Waals surface area contributed by atoms with Crippen molar-refractivity contribution < 1.29 is 13.9 Å². The molecule has 4 N–H and O–H groups in total. The van der Waals surface area contributed by atoms with Crippen LogP contribution in [0.15, 0.2) is 42.9 Å². The molecule has 2 aromatic heterocycles. The Hall–Kier alpha value is -3.59. The minimum Gasteiger partial charge on any atom is -0.497 e. The lowest BCUT2D eigenvalue weighted by molar-refractivity contribution is 0.0989. The smallest absolute Gasteiger partial charge is 0.187 e. The van der Waals surface area contributed by atoms with Gasteiger partial charge in [-0.05, 0) is 37.1 Å². The molecule has 8 nitrogen and oxygen atoms in total. The first-order chi connectivity index (χ1) is 15.5. The Balaban J connectivity index is 1.63. The number of nitrogen functional groups attached to an aromatic ring is 1. The van der Waals surface area contributed by atoms with Gasteiger partial charge in [0.2, 0.25) is 0 Å². The van der Waals surface area contributed by atoms with Gasteiger partial charge >= 0.3 is 0 Å². The molecule has 1 fully saturated rings. The highest BCUT2D eigenvalue weighted by atomic mass is 19.1. The van der Waals surface area contributed by atoms with Crippen LogP contribution in [0, 0.1) is 5.82 Å². The second kappa shape index (κ2) is 9.27. The molecule has 32 heavy (non-hydrogen) atoms. The van der Waals surface area contributed by atoms with Crippen LogP contribution in [-0.4, -0.2) is 47.0 Å². The topological polar surface area (TPSA) is 120 Å². The normalized spacial score (nSPS) is 16.1. The Bertz CT molecular complexity index is 1140. The van der Waals surface area contributed by atoms with E-state index in [9.17, 15) is 9.18 Å². The number of rotatable bonds is 6. The van der Waals surface area contributed by atoms with E-state index in [0.29, 0.717) is 5.75 Å². The molecule has 0 spiro atoms. The van der Waals surface area contributed by atoms with Gasteiger partial charge < -0.3 is 21.1 Å². The second-order valence-corrected chi connectivity index (χ2v) is 7.80. The van der Waals surface area contributed by atoms with Crippen LogP contribution >= 0.6 is 0 Å². The number of halogens is 1. The SMILES string of the molecule is COc1ccc(F)c(-c2ncc(N)c(C(=O)Cc3cnccc3N3CCC[C@H](N)C3)n2)c1. The van der Waals surface area contributed by atoms with Crippen LogP contribution < -0.4 is 21.1 Å². The van der Waals surface area contributed by atoms with Crippen LogP contribution in [-0.2, 0) is 6.42 Å². The first kappa shape index (κ1) is 21.6. The van der Waals surface area contributed by atoms with E-state index in [1.807, 2.05) is 6.07 Å². The first-order valence-electron chi connectivity index (χ1n) is 10.4. The molecular formula is C23H25FN6O2. The summed E-state index contributed by atoms with van der Waals surface area (Å²) < 4.78 is 19.5. The number of anilines is 2. The lowest BCUT2D eigenvalue weighted by atomic mass is 10.0. The summed E-state index contributed by atoms with van der Waals surface area (Å²) in [6.07, 6.45) is 6.72. The fourth-order valence-corrected chi connectivity index (χ4v) is 3.90. The van der Waals surface area contributed by atoms with E-state index in [1.54, 1.807) is 12.4 Å². The zero-order valence-corrected chi connectivity index (χ0v) is 17.8. The number of ether oxygens (including phenoxy) is 1. The Kier molecular flexibility index (Phi) is 6.27. The highest BCUT2D eigenvalue weighted by Gasteiger charge is 2.22. The summed E-state index contributed by atoms with van der Waals surface area (Å²) in [4.78, 5) is 27.9. The fourth-order valence-electron chi connectivity index (χ4n) is 3.90. The van der Waals surface area contributed by atoms with Gasteiger partial charge in [0.05, 0.1) is 24.6 Å². The maximum absolute atomic E-state index is 14.4. The van der Waals surface area contributed by atoms with E-state index in [4.69, 9.17) is 16.2 Å². The molecule has 0 radical (unpaired) electrons. The third-order valence-corrected chi connectivity index (χ3v) is 5.52. The van der Waals surface area contributed by atoms with Crippen molar-refractivity contribution in [3.8, 4) is 17.1 Å². The number of Topliss-reactive ketones (excluding diaryl/α,β-unsaturated/α-hetero) is 1. The number of nitrogens with two attached hydrogens (primary N) is 2. The predicted molar refractivity (Wildman–Crippen MR) is 120 cm³/mol. The van der Waals surface area contributed by atoms with E-state index in [-0.39, 0.29) is 41.0 Å². The van der Waals surface area contributed by atoms with Crippen LogP contribution in [0.4, 0.5) is 15.8 Å². The van der Waals surface area contributed by atoms with Crippen molar-refractivity contribution in [2.45, 2.75) is 25.3 Å². The van der Waals surface area contributed by atoms with E-state index in [1.165, 1.54) is 31.5 Å². The van der Waals surface area contributed by atoms with Crippen LogP contribution in [0.5, 0.6) is 5.75 Å². The Morgan fingerprint density at radius 1 is 1.31 bits per heavy atom. The molecule has 4 rings (SSSR count). The molecule has 1 aliphatic rings. The average Bonchev–Trinajstić information content (AvgIpc) is 2.80. The molecule has 3 aromatic rings. The number of ketones is 1. The predicted octanol–water partition coefficient (Wildman–Crippen LogP) is 2.62. The third-order valence-electron chi connectivity index (χ3n) is 5.52. The Labute approximate surface area is 185 Å². The quantitative estimate of drug-likeness (QED) is 0.566. The van der Waals surface area contributed by atoms with Crippen molar-refractivity contribution in [2.24, 2.45) is 5.73 Å². The molecule has 1 aromatic carbocycles. The average molecular weight is 436 g/mol. The summed E-state index contributed by atoms with van der Waals surface area (Å²) in [5, 5.41) is 0. The van der Waals surface area contributed by atoms with Gasteiger partial charge in [0.25, 0.3) is 0 Å². The number of piperidine rings is 1. The summed E-state index contributed by atoms with van der Waals surface area (Å²) >= 11 is 0. The van der Waals surface area contributed by atoms with E-state index >= 15 is 0 Å². The lowest BCUT2D eigenvalue weighted by Gasteiger charge is -2.33. The van der Waals surface area contributed by atoms with E-state index in [0.717, 1.165) is 37.2 Å². The largest absolute Gasteiger partial charge is 0.497 e. The molecule has 1 aliphatic heterocycles. The molecule has 1 atom stereocenters. The number of methoxy groups -OCH3 is 1. The van der Waals surface area contributed by atoms with Crippen molar-refractivity contribution in [3.63, 3.8) is 0 Å². The molecule has 0 amide bonds. The van der Waals surface area contributed by atoms with Gasteiger partial charge in [-0.1, -0.05) is 0 Å². The zero-order chi connectivity index (χ0) is 22.7. The number of nitrogens with zero attached hydrogens (tertiary/aromatic N) is 4. The Morgan fingerprint density at radius 2 is 2.16 bits per heavy atom. The maximum Gasteiger partial charge on any atom is 0.187 e. The minimum absolute atomic E-state index is 0.0439. The number of benzene rings is 1. The minimum atomic E-state index is -0.523. The molecule has 0 unspecified atom stereocenters. The van der Waals surface area contributed by atoms with Crippen molar-refractivity contribution in [3.05, 3.63) is 59.9 Å². The molecule has 166 valence electrons. The molecule has 1 saturated heterocycles. The summed E-state index contributed by atoms with van der Waals surface area (Å²) in [6, 6.07) is 6.23. The molecule has 9 heteroatoms. The number of pyridine rings is 1. The van der Waals surface area contributed by atoms with Crippen molar-refractivity contribution >= 4 is 17.2 Å². The number of aromatic nitrogens is 3. The highest BCUT2D eigenvalue weighted by Crippen LogP contribution is 2.27. The molecule has 0 aliphatic carbocycles. The lowest BCUT2D eigenvalue weighted by Crippen LogP contribution is -2.43. The van der Waals surface area contributed by atoms with Crippen molar-refractivity contribution in [1.82, 2.24) is 15.0 Å². The molecule has 3 heterocycles. The highest BCUT2D eigenvalue weighted by molar-refractivity contribution is 6.00. The van der Waals surface area contributed by atoms with Crippen LogP contribution in [0.25, 0.3) is 11.4 Å². The molecule has 0 saturated carbocycles.